The number of carbonyl (C=O) groups excluding carboxylic acids is 1. The number of fused-ring (bicyclic) bond motifs is 1. The van der Waals surface area contributed by atoms with Crippen LogP contribution in [0.3, 0.4) is 0 Å². The lowest BCUT2D eigenvalue weighted by Gasteiger charge is -2.38. The van der Waals surface area contributed by atoms with Crippen LogP contribution in [-0.4, -0.2) is 11.6 Å². The first-order chi connectivity index (χ1) is 9.72. The van der Waals surface area contributed by atoms with Crippen LogP contribution in [0.2, 0.25) is 0 Å². The fraction of sp³-hybridized carbons (Fsp3) is 0.526. The average Bonchev–Trinajstić information content (AvgIpc) is 2.38. The molecule has 1 aliphatic rings. The van der Waals surface area contributed by atoms with Crippen molar-refractivity contribution in [2.45, 2.75) is 65.4 Å². The number of rotatable bonds is 3. The number of ether oxygens (including phenoxy) is 1. The molecule has 0 saturated heterocycles. The van der Waals surface area contributed by atoms with Crippen LogP contribution < -0.4 is 0 Å². The number of esters is 1. The highest BCUT2D eigenvalue weighted by Crippen LogP contribution is 2.42. The van der Waals surface area contributed by atoms with Crippen LogP contribution in [-0.2, 0) is 16.0 Å². The lowest BCUT2D eigenvalue weighted by atomic mass is 9.73. The van der Waals surface area contributed by atoms with Crippen LogP contribution in [0, 0.1) is 13.8 Å². The SMILES string of the molecule is C=C(C)C(=O)OC(C)(C)C1CCCc2cc(C)c(C)cc21. The van der Waals surface area contributed by atoms with Crippen molar-refractivity contribution < 1.29 is 9.53 Å². The first kappa shape index (κ1) is 15.8. The van der Waals surface area contributed by atoms with Crippen molar-refractivity contribution in [3.63, 3.8) is 0 Å². The standard InChI is InChI=1S/C19H26O2/c1-12(2)18(20)21-19(5,6)17-9-7-8-15-10-13(3)14(4)11-16(15)17/h10-11,17H,1,7-9H2,2-6H3. The molecule has 0 N–H and O–H groups in total. The molecule has 0 spiro atoms. The van der Waals surface area contributed by atoms with Gasteiger partial charge in [-0.25, -0.2) is 4.79 Å². The molecule has 0 bridgehead atoms. The topological polar surface area (TPSA) is 26.3 Å². The lowest BCUT2D eigenvalue weighted by Crippen LogP contribution is -2.37. The Morgan fingerprint density at radius 2 is 1.90 bits per heavy atom. The average molecular weight is 286 g/mol. The maximum Gasteiger partial charge on any atom is 0.333 e. The van der Waals surface area contributed by atoms with Gasteiger partial charge in [-0.3, -0.25) is 0 Å². The summed E-state index contributed by atoms with van der Waals surface area (Å²) in [6.07, 6.45) is 3.33. The summed E-state index contributed by atoms with van der Waals surface area (Å²) in [6.45, 7) is 13.7. The van der Waals surface area contributed by atoms with Crippen LogP contribution >= 0.6 is 0 Å². The number of benzene rings is 1. The molecule has 2 rings (SSSR count). The number of aryl methyl sites for hydroxylation is 3. The molecule has 0 aliphatic heterocycles. The largest absolute Gasteiger partial charge is 0.456 e. The van der Waals surface area contributed by atoms with E-state index in [0.717, 1.165) is 19.3 Å². The van der Waals surface area contributed by atoms with Crippen molar-refractivity contribution in [3.8, 4) is 0 Å². The lowest BCUT2D eigenvalue weighted by molar-refractivity contribution is -0.154. The summed E-state index contributed by atoms with van der Waals surface area (Å²) in [5.41, 5.74) is 5.36. The zero-order valence-electron chi connectivity index (χ0n) is 13.9. The van der Waals surface area contributed by atoms with Gasteiger partial charge in [0.25, 0.3) is 0 Å². The van der Waals surface area contributed by atoms with Crippen LogP contribution in [0.15, 0.2) is 24.3 Å². The van der Waals surface area contributed by atoms with Gasteiger partial charge in [-0.15, -0.1) is 0 Å². The summed E-state index contributed by atoms with van der Waals surface area (Å²) in [5.74, 6) is -0.0418. The normalized spacial score (nSPS) is 18.0. The Bertz CT molecular complexity index is 581. The summed E-state index contributed by atoms with van der Waals surface area (Å²) in [4.78, 5) is 11.9. The second kappa shape index (κ2) is 5.67. The van der Waals surface area contributed by atoms with Crippen LogP contribution in [0.4, 0.5) is 0 Å². The maximum absolute atomic E-state index is 11.9. The van der Waals surface area contributed by atoms with E-state index in [0.29, 0.717) is 5.57 Å². The monoisotopic (exact) mass is 286 g/mol. The minimum Gasteiger partial charge on any atom is -0.456 e. The summed E-state index contributed by atoms with van der Waals surface area (Å²) in [6, 6.07) is 4.58. The van der Waals surface area contributed by atoms with Gasteiger partial charge in [0.05, 0.1) is 0 Å². The molecule has 2 nitrogen and oxygen atoms in total. The van der Waals surface area contributed by atoms with Crippen LogP contribution in [0.1, 0.15) is 61.8 Å². The van der Waals surface area contributed by atoms with E-state index < -0.39 is 5.60 Å². The third kappa shape index (κ3) is 3.20. The molecule has 1 unspecified atom stereocenters. The smallest absolute Gasteiger partial charge is 0.333 e. The quantitative estimate of drug-likeness (QED) is 0.598. The molecule has 0 aromatic heterocycles. The molecule has 1 aliphatic carbocycles. The van der Waals surface area contributed by atoms with Crippen LogP contribution in [0.25, 0.3) is 0 Å². The first-order valence-corrected chi connectivity index (χ1v) is 7.71. The highest BCUT2D eigenvalue weighted by atomic mass is 16.6. The van der Waals surface area contributed by atoms with E-state index in [4.69, 9.17) is 4.74 Å². The molecule has 0 heterocycles. The molecule has 0 amide bonds. The van der Waals surface area contributed by atoms with E-state index in [1.165, 1.54) is 22.3 Å². The Labute approximate surface area is 128 Å². The van der Waals surface area contributed by atoms with Gasteiger partial charge < -0.3 is 4.74 Å². The molecular formula is C19H26O2. The molecule has 21 heavy (non-hydrogen) atoms. The van der Waals surface area contributed by atoms with E-state index >= 15 is 0 Å². The van der Waals surface area contributed by atoms with Crippen molar-refractivity contribution in [1.82, 2.24) is 0 Å². The molecule has 0 saturated carbocycles. The Hall–Kier alpha value is -1.57. The van der Waals surface area contributed by atoms with E-state index in [-0.39, 0.29) is 11.9 Å². The van der Waals surface area contributed by atoms with Crippen molar-refractivity contribution in [3.05, 3.63) is 46.5 Å². The van der Waals surface area contributed by atoms with E-state index in [1.807, 2.05) is 13.8 Å². The van der Waals surface area contributed by atoms with Gasteiger partial charge in [-0.05, 0) is 76.1 Å². The maximum atomic E-state index is 11.9. The third-order valence-corrected chi connectivity index (χ3v) is 4.61. The zero-order valence-corrected chi connectivity index (χ0v) is 13.9. The Morgan fingerprint density at radius 1 is 1.29 bits per heavy atom. The van der Waals surface area contributed by atoms with Crippen molar-refractivity contribution >= 4 is 5.97 Å². The van der Waals surface area contributed by atoms with Crippen molar-refractivity contribution in [2.24, 2.45) is 0 Å². The Kier molecular flexibility index (Phi) is 4.27. The fourth-order valence-corrected chi connectivity index (χ4v) is 3.21. The molecule has 1 aromatic rings. The number of hydrogen-bond donors (Lipinski definition) is 0. The predicted molar refractivity (Wildman–Crippen MR) is 86.6 cm³/mol. The first-order valence-electron chi connectivity index (χ1n) is 7.71. The summed E-state index contributed by atoms with van der Waals surface area (Å²) in [7, 11) is 0. The Morgan fingerprint density at radius 3 is 2.52 bits per heavy atom. The molecule has 0 fully saturated rings. The number of hydrogen-bond acceptors (Lipinski definition) is 2. The molecule has 114 valence electrons. The van der Waals surface area contributed by atoms with Crippen molar-refractivity contribution in [1.29, 1.82) is 0 Å². The minimum absolute atomic E-state index is 0.254. The zero-order chi connectivity index (χ0) is 15.8. The molecule has 1 atom stereocenters. The van der Waals surface area contributed by atoms with Gasteiger partial charge in [-0.1, -0.05) is 18.7 Å². The van der Waals surface area contributed by atoms with Gasteiger partial charge in [-0.2, -0.15) is 0 Å². The van der Waals surface area contributed by atoms with Crippen molar-refractivity contribution in [2.75, 3.05) is 0 Å². The highest BCUT2D eigenvalue weighted by Gasteiger charge is 2.37. The third-order valence-electron chi connectivity index (χ3n) is 4.61. The summed E-state index contributed by atoms with van der Waals surface area (Å²) < 4.78 is 5.73. The Balaban J connectivity index is 2.36. The van der Waals surface area contributed by atoms with E-state index in [1.54, 1.807) is 6.92 Å². The highest BCUT2D eigenvalue weighted by molar-refractivity contribution is 5.87. The second-order valence-corrected chi connectivity index (χ2v) is 6.85. The summed E-state index contributed by atoms with van der Waals surface area (Å²) >= 11 is 0. The summed E-state index contributed by atoms with van der Waals surface area (Å²) in [5, 5.41) is 0. The molecule has 0 radical (unpaired) electrons. The van der Waals surface area contributed by atoms with Gasteiger partial charge in [0.2, 0.25) is 0 Å². The molecule has 1 aromatic carbocycles. The van der Waals surface area contributed by atoms with Gasteiger partial charge >= 0.3 is 5.97 Å². The fourth-order valence-electron chi connectivity index (χ4n) is 3.21. The van der Waals surface area contributed by atoms with E-state index in [2.05, 4.69) is 32.6 Å². The second-order valence-electron chi connectivity index (χ2n) is 6.85. The minimum atomic E-state index is -0.507. The van der Waals surface area contributed by atoms with Gasteiger partial charge in [0.15, 0.2) is 0 Å². The van der Waals surface area contributed by atoms with Gasteiger partial charge in [0.1, 0.15) is 5.60 Å². The van der Waals surface area contributed by atoms with Gasteiger partial charge in [0, 0.05) is 11.5 Å². The number of carbonyl (C=O) groups is 1. The predicted octanol–water partition coefficient (Wildman–Crippen LogP) is 4.62. The van der Waals surface area contributed by atoms with Crippen LogP contribution in [0.5, 0.6) is 0 Å². The molecular weight excluding hydrogens is 260 g/mol. The van der Waals surface area contributed by atoms with E-state index in [9.17, 15) is 4.79 Å². The molecule has 2 heteroatoms.